The molecule has 0 saturated heterocycles. The average molecular weight is 959 g/mol. The van der Waals surface area contributed by atoms with Gasteiger partial charge in [-0.1, -0.05) is 224 Å². The molecule has 0 unspecified atom stereocenters. The minimum Gasteiger partial charge on any atom is -0.310 e. The van der Waals surface area contributed by atoms with E-state index in [1.807, 2.05) is 11.3 Å². The maximum atomic E-state index is 2.48. The summed E-state index contributed by atoms with van der Waals surface area (Å²) in [5.41, 5.74) is 18.6. The van der Waals surface area contributed by atoms with Gasteiger partial charge in [0.15, 0.2) is 0 Å². The van der Waals surface area contributed by atoms with Crippen LogP contribution in [0.3, 0.4) is 0 Å². The second-order valence-corrected chi connectivity index (χ2v) is 20.6. The van der Waals surface area contributed by atoms with Crippen molar-refractivity contribution in [2.75, 3.05) is 4.90 Å². The highest BCUT2D eigenvalue weighted by Crippen LogP contribution is 2.59. The van der Waals surface area contributed by atoms with Crippen LogP contribution in [-0.2, 0) is 5.41 Å². The lowest BCUT2D eigenvalue weighted by molar-refractivity contribution is 0.768. The summed E-state index contributed by atoms with van der Waals surface area (Å²) < 4.78 is 5.08. The molecule has 0 bridgehead atoms. The van der Waals surface area contributed by atoms with Gasteiger partial charge in [-0.3, -0.25) is 0 Å². The molecule has 2 nitrogen and oxygen atoms in total. The molecule has 0 amide bonds. The summed E-state index contributed by atoms with van der Waals surface area (Å²) in [6.45, 7) is 0. The van der Waals surface area contributed by atoms with Gasteiger partial charge in [0.25, 0.3) is 0 Å². The van der Waals surface area contributed by atoms with E-state index in [4.69, 9.17) is 0 Å². The summed E-state index contributed by atoms with van der Waals surface area (Å²) in [7, 11) is 0. The minimum absolute atomic E-state index is 0.530. The molecule has 0 saturated carbocycles. The normalized spacial score (nSPS) is 12.7. The van der Waals surface area contributed by atoms with Crippen LogP contribution in [0.15, 0.2) is 279 Å². The van der Waals surface area contributed by atoms with Crippen LogP contribution in [0.1, 0.15) is 22.3 Å². The van der Waals surface area contributed by atoms with E-state index < -0.39 is 5.41 Å². The summed E-state index contributed by atoms with van der Waals surface area (Å²) in [6.07, 6.45) is 0. The van der Waals surface area contributed by atoms with Crippen molar-refractivity contribution >= 4 is 81.1 Å². The van der Waals surface area contributed by atoms with Gasteiger partial charge in [0.05, 0.1) is 27.8 Å². The fourth-order valence-corrected chi connectivity index (χ4v) is 13.7. The highest BCUT2D eigenvalue weighted by Gasteiger charge is 2.47. The molecule has 14 aromatic rings. The van der Waals surface area contributed by atoms with Crippen molar-refractivity contribution < 1.29 is 0 Å². The van der Waals surface area contributed by atoms with E-state index in [0.717, 1.165) is 28.3 Å². The third-order valence-corrected chi connectivity index (χ3v) is 16.9. The Kier molecular flexibility index (Phi) is 9.70. The van der Waals surface area contributed by atoms with Crippen LogP contribution in [0.25, 0.3) is 91.8 Å². The van der Waals surface area contributed by atoms with E-state index in [0.29, 0.717) is 0 Å². The highest BCUT2D eigenvalue weighted by atomic mass is 32.1. The summed E-state index contributed by atoms with van der Waals surface area (Å²) in [5.74, 6) is 0. The first-order valence-electron chi connectivity index (χ1n) is 25.5. The molecule has 74 heavy (non-hydrogen) atoms. The van der Waals surface area contributed by atoms with Crippen LogP contribution >= 0.6 is 11.3 Å². The molecule has 0 fully saturated rings. The number of fused-ring (bicyclic) bond motifs is 11. The Morgan fingerprint density at radius 2 is 0.892 bits per heavy atom. The van der Waals surface area contributed by atoms with Gasteiger partial charge in [-0.15, -0.1) is 11.3 Å². The fourth-order valence-electron chi connectivity index (χ4n) is 12.5. The van der Waals surface area contributed by atoms with Gasteiger partial charge in [0.1, 0.15) is 0 Å². The molecule has 1 aliphatic carbocycles. The Hall–Kier alpha value is -9.28. The number of hydrogen-bond donors (Lipinski definition) is 0. The number of aromatic nitrogens is 1. The molecule has 15 rings (SSSR count). The zero-order valence-corrected chi connectivity index (χ0v) is 41.2. The molecular formula is C71H46N2S. The summed E-state index contributed by atoms with van der Waals surface area (Å²) in [4.78, 5) is 2.48. The van der Waals surface area contributed by atoms with Crippen molar-refractivity contribution in [1.82, 2.24) is 4.57 Å². The largest absolute Gasteiger partial charge is 0.310 e. The van der Waals surface area contributed by atoms with Gasteiger partial charge in [-0.05, 0) is 110 Å². The first kappa shape index (κ1) is 42.4. The van der Waals surface area contributed by atoms with Crippen molar-refractivity contribution in [2.24, 2.45) is 0 Å². The number of thiophene rings is 1. The van der Waals surface area contributed by atoms with Crippen LogP contribution in [0, 0.1) is 0 Å². The number of hydrogen-bond acceptors (Lipinski definition) is 2. The van der Waals surface area contributed by atoms with E-state index in [2.05, 4.69) is 289 Å². The zero-order valence-electron chi connectivity index (χ0n) is 40.4. The topological polar surface area (TPSA) is 8.17 Å². The standard InChI is InChI=1S/C71H46N2S/c1-3-19-51(20-4-1)71(52-21-5-2-6-22-52)62-28-13-9-27-61(62)69-63(71)29-17-33-67(69)72(53-40-34-47(35-41-53)50-39-44-59-60-45-38-48-18-7-8-24-56(48)70(60)74-68(59)46-50)54-42-36-49(37-43-54)55-23-10-14-30-64(55)73-65-31-15-11-25-57(65)58-26-12-16-32-66(58)73/h1-46H. The number of anilines is 3. The number of nitrogens with zero attached hydrogens (tertiary/aromatic N) is 2. The van der Waals surface area contributed by atoms with Crippen molar-refractivity contribution in [1.29, 1.82) is 0 Å². The molecule has 2 aromatic heterocycles. The van der Waals surface area contributed by atoms with Gasteiger partial charge in [0.2, 0.25) is 0 Å². The predicted molar refractivity (Wildman–Crippen MR) is 314 cm³/mol. The van der Waals surface area contributed by atoms with Gasteiger partial charge < -0.3 is 9.47 Å². The van der Waals surface area contributed by atoms with Crippen LogP contribution in [-0.4, -0.2) is 4.57 Å². The van der Waals surface area contributed by atoms with E-state index in [-0.39, 0.29) is 0 Å². The Labute approximate surface area is 433 Å². The predicted octanol–water partition coefficient (Wildman–Crippen LogP) is 19.5. The van der Waals surface area contributed by atoms with E-state index in [9.17, 15) is 0 Å². The number of rotatable bonds is 8. The third kappa shape index (κ3) is 6.37. The third-order valence-electron chi connectivity index (χ3n) is 15.7. The van der Waals surface area contributed by atoms with Crippen molar-refractivity contribution in [3.8, 4) is 39.1 Å². The zero-order chi connectivity index (χ0) is 48.7. The van der Waals surface area contributed by atoms with Crippen LogP contribution in [0.2, 0.25) is 0 Å². The summed E-state index contributed by atoms with van der Waals surface area (Å²) in [6, 6.07) is 103. The maximum absolute atomic E-state index is 2.48. The first-order chi connectivity index (χ1) is 36.7. The lowest BCUT2D eigenvalue weighted by atomic mass is 9.68. The molecule has 2 heterocycles. The SMILES string of the molecule is c1ccc(C2(c3ccccc3)c3ccccc3-c3c(N(c4ccc(-c5ccc6c(c5)sc5c7ccccc7ccc65)cc4)c4ccc(-c5ccccc5-n5c6ccccc6c6ccccc65)cc4)cccc32)cc1. The highest BCUT2D eigenvalue weighted by molar-refractivity contribution is 7.26. The number of benzene rings is 12. The smallest absolute Gasteiger partial charge is 0.0714 e. The first-order valence-corrected chi connectivity index (χ1v) is 26.3. The van der Waals surface area contributed by atoms with E-state index in [1.54, 1.807) is 0 Å². The van der Waals surface area contributed by atoms with Crippen LogP contribution in [0.4, 0.5) is 17.1 Å². The van der Waals surface area contributed by atoms with Crippen molar-refractivity contribution in [3.05, 3.63) is 301 Å². The Balaban J connectivity index is 0.905. The van der Waals surface area contributed by atoms with E-state index in [1.165, 1.54) is 103 Å². The molecule has 346 valence electrons. The lowest BCUT2D eigenvalue weighted by Gasteiger charge is -2.34. The molecule has 3 heteroatoms. The van der Waals surface area contributed by atoms with Crippen LogP contribution in [0.5, 0.6) is 0 Å². The quantitative estimate of drug-likeness (QED) is 0.147. The van der Waals surface area contributed by atoms with Gasteiger partial charge in [-0.25, -0.2) is 0 Å². The molecule has 1 aliphatic rings. The van der Waals surface area contributed by atoms with Gasteiger partial charge >= 0.3 is 0 Å². The van der Waals surface area contributed by atoms with Gasteiger partial charge in [-0.2, -0.15) is 0 Å². The van der Waals surface area contributed by atoms with Crippen molar-refractivity contribution in [2.45, 2.75) is 5.41 Å². The molecular weight excluding hydrogens is 913 g/mol. The van der Waals surface area contributed by atoms with Crippen molar-refractivity contribution in [3.63, 3.8) is 0 Å². The Bertz CT molecular complexity index is 4380. The molecule has 0 N–H and O–H groups in total. The molecule has 0 radical (unpaired) electrons. The van der Waals surface area contributed by atoms with Crippen LogP contribution < -0.4 is 4.90 Å². The Morgan fingerprint density at radius 3 is 1.59 bits per heavy atom. The molecule has 12 aromatic carbocycles. The fraction of sp³-hybridized carbons (Fsp3) is 0.0141. The average Bonchev–Trinajstić information content (AvgIpc) is 4.16. The summed E-state index contributed by atoms with van der Waals surface area (Å²) >= 11 is 1.90. The second kappa shape index (κ2) is 16.9. The summed E-state index contributed by atoms with van der Waals surface area (Å²) in [5, 5.41) is 7.74. The van der Waals surface area contributed by atoms with Gasteiger partial charge in [0, 0.05) is 53.4 Å². The van der Waals surface area contributed by atoms with E-state index >= 15 is 0 Å². The Morgan fingerprint density at radius 1 is 0.351 bits per heavy atom. The minimum atomic E-state index is -0.530. The monoisotopic (exact) mass is 958 g/mol. The molecule has 0 atom stereocenters. The molecule has 0 aliphatic heterocycles. The second-order valence-electron chi connectivity index (χ2n) is 19.5. The molecule has 0 spiro atoms. The lowest BCUT2D eigenvalue weighted by Crippen LogP contribution is -2.28. The maximum Gasteiger partial charge on any atom is 0.0714 e. The number of para-hydroxylation sites is 3.